The monoisotopic (exact) mass is 208 g/mol. The van der Waals surface area contributed by atoms with Crippen molar-refractivity contribution in [1.82, 2.24) is 9.97 Å². The van der Waals surface area contributed by atoms with Crippen LogP contribution in [0.15, 0.2) is 12.4 Å². The maximum Gasteiger partial charge on any atom is 0.232 e. The van der Waals surface area contributed by atoms with Gasteiger partial charge in [0.05, 0.1) is 31.3 Å². The molecule has 0 atom stereocenters. The summed E-state index contributed by atoms with van der Waals surface area (Å²) in [6, 6.07) is 0. The zero-order valence-corrected chi connectivity index (χ0v) is 8.72. The van der Waals surface area contributed by atoms with Crippen LogP contribution in [0.4, 0.5) is 0 Å². The van der Waals surface area contributed by atoms with Crippen LogP contribution in [0.5, 0.6) is 5.88 Å². The van der Waals surface area contributed by atoms with Crippen molar-refractivity contribution in [1.29, 1.82) is 0 Å². The Labute approximate surface area is 89.3 Å². The van der Waals surface area contributed by atoms with Crippen LogP contribution in [0, 0.1) is 5.92 Å². The number of nitrogens with zero attached hydrogens (tertiary/aromatic N) is 2. The van der Waals surface area contributed by atoms with Crippen LogP contribution in [0.3, 0.4) is 0 Å². The highest BCUT2D eigenvalue weighted by atomic mass is 16.5. The van der Waals surface area contributed by atoms with Gasteiger partial charge in [0.25, 0.3) is 0 Å². The Morgan fingerprint density at radius 3 is 2.93 bits per heavy atom. The fraction of sp³-hybridized carbons (Fsp3) is 0.636. The van der Waals surface area contributed by atoms with E-state index in [-0.39, 0.29) is 6.61 Å². The molecule has 1 N–H and O–H groups in total. The van der Waals surface area contributed by atoms with Crippen molar-refractivity contribution in [3.63, 3.8) is 0 Å². The average molecular weight is 208 g/mol. The molecule has 1 aliphatic carbocycles. The molecule has 2 rings (SSSR count). The molecule has 1 fully saturated rings. The van der Waals surface area contributed by atoms with Crippen molar-refractivity contribution < 1.29 is 9.84 Å². The highest BCUT2D eigenvalue weighted by Crippen LogP contribution is 2.29. The van der Waals surface area contributed by atoms with E-state index < -0.39 is 0 Å². The summed E-state index contributed by atoms with van der Waals surface area (Å²) < 4.78 is 5.47. The number of hydrogen-bond acceptors (Lipinski definition) is 4. The number of ether oxygens (including phenoxy) is 1. The zero-order valence-electron chi connectivity index (χ0n) is 8.72. The first kappa shape index (κ1) is 10.4. The summed E-state index contributed by atoms with van der Waals surface area (Å²) in [5, 5.41) is 8.86. The molecule has 1 saturated carbocycles. The molecule has 0 unspecified atom stereocenters. The van der Waals surface area contributed by atoms with Gasteiger partial charge in [0.2, 0.25) is 5.88 Å². The van der Waals surface area contributed by atoms with E-state index in [2.05, 4.69) is 9.97 Å². The van der Waals surface area contributed by atoms with Crippen LogP contribution < -0.4 is 4.74 Å². The Bertz CT molecular complexity index is 313. The van der Waals surface area contributed by atoms with Crippen molar-refractivity contribution in [3.8, 4) is 5.88 Å². The maximum atomic E-state index is 8.86. The lowest BCUT2D eigenvalue weighted by molar-refractivity contribution is 0.214. The molecule has 82 valence electrons. The third-order valence-electron chi connectivity index (χ3n) is 2.83. The molecule has 0 aliphatic heterocycles. The zero-order chi connectivity index (χ0) is 10.5. The largest absolute Gasteiger partial charge is 0.477 e. The minimum atomic E-state index is -0.0905. The van der Waals surface area contributed by atoms with Gasteiger partial charge in [-0.25, -0.2) is 4.98 Å². The van der Waals surface area contributed by atoms with E-state index in [0.29, 0.717) is 18.2 Å². The number of aliphatic hydroxyl groups is 1. The first-order chi connectivity index (χ1) is 7.38. The highest BCUT2D eigenvalue weighted by molar-refractivity contribution is 5.07. The molecule has 0 aromatic carbocycles. The fourth-order valence-electron chi connectivity index (χ4n) is 1.64. The Kier molecular flexibility index (Phi) is 3.50. The second kappa shape index (κ2) is 5.07. The van der Waals surface area contributed by atoms with Gasteiger partial charge in [-0.3, -0.25) is 4.98 Å². The number of rotatable bonds is 5. The lowest BCUT2D eigenvalue weighted by Gasteiger charge is -2.24. The van der Waals surface area contributed by atoms with Gasteiger partial charge in [0, 0.05) is 0 Å². The van der Waals surface area contributed by atoms with Gasteiger partial charge in [-0.1, -0.05) is 19.3 Å². The van der Waals surface area contributed by atoms with E-state index in [9.17, 15) is 0 Å². The molecule has 1 heterocycles. The van der Waals surface area contributed by atoms with Crippen LogP contribution in [-0.2, 0) is 6.61 Å². The summed E-state index contributed by atoms with van der Waals surface area (Å²) in [6.45, 7) is 0.612. The van der Waals surface area contributed by atoms with Crippen LogP contribution in [-0.4, -0.2) is 21.7 Å². The van der Waals surface area contributed by atoms with Gasteiger partial charge in [0.1, 0.15) is 0 Å². The first-order valence-electron chi connectivity index (χ1n) is 5.43. The Balaban J connectivity index is 1.76. The number of aromatic nitrogens is 2. The third kappa shape index (κ3) is 2.89. The molecular formula is C11H16N2O2. The summed E-state index contributed by atoms with van der Waals surface area (Å²) >= 11 is 0. The van der Waals surface area contributed by atoms with Gasteiger partial charge >= 0.3 is 0 Å². The van der Waals surface area contributed by atoms with Crippen LogP contribution in [0.25, 0.3) is 0 Å². The third-order valence-corrected chi connectivity index (χ3v) is 2.83. The number of hydrogen-bond donors (Lipinski definition) is 1. The van der Waals surface area contributed by atoms with Gasteiger partial charge in [-0.15, -0.1) is 0 Å². The minimum Gasteiger partial charge on any atom is -0.477 e. The molecule has 0 saturated heterocycles. The smallest absolute Gasteiger partial charge is 0.232 e. The SMILES string of the molecule is OCc1cncc(OCCC2CCC2)n1. The molecular weight excluding hydrogens is 192 g/mol. The Morgan fingerprint density at radius 1 is 1.40 bits per heavy atom. The predicted molar refractivity (Wildman–Crippen MR) is 55.4 cm³/mol. The molecule has 0 bridgehead atoms. The molecule has 0 spiro atoms. The van der Waals surface area contributed by atoms with Gasteiger partial charge in [-0.2, -0.15) is 0 Å². The molecule has 0 amide bonds. The summed E-state index contributed by atoms with van der Waals surface area (Å²) in [6.07, 6.45) is 8.27. The standard InChI is InChI=1S/C11H16N2O2/c14-8-10-6-12-7-11(13-10)15-5-4-9-2-1-3-9/h6-7,9,14H,1-5,8H2. The van der Waals surface area contributed by atoms with Crippen molar-refractivity contribution in [2.75, 3.05) is 6.61 Å². The molecule has 4 nitrogen and oxygen atoms in total. The summed E-state index contributed by atoms with van der Waals surface area (Å²) in [4.78, 5) is 8.04. The first-order valence-corrected chi connectivity index (χ1v) is 5.43. The summed E-state index contributed by atoms with van der Waals surface area (Å²) in [7, 11) is 0. The normalized spacial score (nSPS) is 16.1. The molecule has 4 heteroatoms. The van der Waals surface area contributed by atoms with Crippen molar-refractivity contribution >= 4 is 0 Å². The van der Waals surface area contributed by atoms with Crippen molar-refractivity contribution in [2.45, 2.75) is 32.3 Å². The van der Waals surface area contributed by atoms with Crippen molar-refractivity contribution in [3.05, 3.63) is 18.1 Å². The van der Waals surface area contributed by atoms with Crippen LogP contribution >= 0.6 is 0 Å². The quantitative estimate of drug-likeness (QED) is 0.797. The van der Waals surface area contributed by atoms with E-state index in [4.69, 9.17) is 9.84 Å². The van der Waals surface area contributed by atoms with E-state index in [1.54, 1.807) is 12.4 Å². The average Bonchev–Trinajstić information content (AvgIpc) is 2.22. The minimum absolute atomic E-state index is 0.0905. The molecule has 1 aliphatic rings. The second-order valence-corrected chi connectivity index (χ2v) is 3.94. The van der Waals surface area contributed by atoms with Gasteiger partial charge in [-0.05, 0) is 12.3 Å². The van der Waals surface area contributed by atoms with E-state index in [0.717, 1.165) is 12.3 Å². The van der Waals surface area contributed by atoms with E-state index in [1.165, 1.54) is 19.3 Å². The predicted octanol–water partition coefficient (Wildman–Crippen LogP) is 1.54. The topological polar surface area (TPSA) is 55.2 Å². The molecule has 15 heavy (non-hydrogen) atoms. The highest BCUT2D eigenvalue weighted by Gasteiger charge is 2.16. The number of aliphatic hydroxyl groups excluding tert-OH is 1. The maximum absolute atomic E-state index is 8.86. The van der Waals surface area contributed by atoms with Crippen molar-refractivity contribution in [2.24, 2.45) is 5.92 Å². The molecule has 1 aromatic rings. The lowest BCUT2D eigenvalue weighted by Crippen LogP contribution is -2.14. The van der Waals surface area contributed by atoms with E-state index >= 15 is 0 Å². The summed E-state index contributed by atoms with van der Waals surface area (Å²) in [5.74, 6) is 1.36. The molecule has 0 radical (unpaired) electrons. The summed E-state index contributed by atoms with van der Waals surface area (Å²) in [5.41, 5.74) is 0.552. The fourth-order valence-corrected chi connectivity index (χ4v) is 1.64. The van der Waals surface area contributed by atoms with Crippen LogP contribution in [0.2, 0.25) is 0 Å². The van der Waals surface area contributed by atoms with Crippen LogP contribution in [0.1, 0.15) is 31.4 Å². The van der Waals surface area contributed by atoms with Gasteiger partial charge in [0.15, 0.2) is 0 Å². The van der Waals surface area contributed by atoms with E-state index in [1.807, 2.05) is 0 Å². The lowest BCUT2D eigenvalue weighted by atomic mass is 9.83. The Morgan fingerprint density at radius 2 is 2.27 bits per heavy atom. The van der Waals surface area contributed by atoms with Gasteiger partial charge < -0.3 is 9.84 Å². The Hall–Kier alpha value is -1.16. The molecule has 1 aromatic heterocycles. The second-order valence-electron chi connectivity index (χ2n) is 3.94.